The van der Waals surface area contributed by atoms with Gasteiger partial charge in [-0.05, 0) is 41.1 Å². The molecule has 0 atom stereocenters. The van der Waals surface area contributed by atoms with Crippen molar-refractivity contribution < 1.29 is 9.47 Å². The number of rotatable bonds is 5. The molecule has 120 valence electrons. The van der Waals surface area contributed by atoms with Gasteiger partial charge in [-0.25, -0.2) is 4.98 Å². The Morgan fingerprint density at radius 3 is 2.65 bits per heavy atom. The molecule has 0 spiro atoms. The largest absolute Gasteiger partial charge is 0.493 e. The van der Waals surface area contributed by atoms with Crippen LogP contribution in [0, 0.1) is 14.9 Å². The third-order valence-corrected chi connectivity index (χ3v) is 3.82. The number of anilines is 2. The molecule has 0 saturated carbocycles. The molecule has 0 fully saturated rings. The predicted molar refractivity (Wildman–Crippen MR) is 96.1 cm³/mol. The zero-order valence-corrected chi connectivity index (χ0v) is 14.9. The van der Waals surface area contributed by atoms with Crippen molar-refractivity contribution in [2.75, 3.05) is 25.2 Å². The molecule has 7 nitrogen and oxygen atoms in total. The van der Waals surface area contributed by atoms with Gasteiger partial charge in [0.25, 0.3) is 0 Å². The number of halogens is 1. The molecule has 1 aromatic carbocycles. The fourth-order valence-corrected chi connectivity index (χ4v) is 2.77. The second kappa shape index (κ2) is 7.32. The summed E-state index contributed by atoms with van der Waals surface area (Å²) in [5.74, 6) is 1.28. The van der Waals surface area contributed by atoms with E-state index >= 15 is 0 Å². The molecule has 0 unspecified atom stereocenters. The van der Waals surface area contributed by atoms with Crippen LogP contribution in [-0.4, -0.2) is 23.7 Å². The normalized spacial score (nSPS) is 10.2. The fraction of sp³-hybridized carbons (Fsp3) is 0.267. The predicted octanol–water partition coefficient (Wildman–Crippen LogP) is 2.58. The minimum Gasteiger partial charge on any atom is -0.493 e. The second-order valence-corrected chi connectivity index (χ2v) is 5.80. The minimum absolute atomic E-state index is 0.0109. The van der Waals surface area contributed by atoms with E-state index in [2.05, 4.69) is 32.6 Å². The third kappa shape index (κ3) is 3.56. The molecular weight excluding hydrogens is 409 g/mol. The Hall–Kier alpha value is -2.28. The van der Waals surface area contributed by atoms with E-state index < -0.39 is 0 Å². The molecule has 4 N–H and O–H groups in total. The van der Waals surface area contributed by atoms with Crippen molar-refractivity contribution in [2.45, 2.75) is 13.3 Å². The van der Waals surface area contributed by atoms with Crippen LogP contribution in [0.5, 0.6) is 11.5 Å². The van der Waals surface area contributed by atoms with E-state index in [4.69, 9.17) is 20.9 Å². The standard InChI is InChI=1S/C15H16IN5O2/c1-3-4-23-13-10(16)5-8(6-11(13)22-2)12-9(7-17)14(18)21-15(19)20-12/h5-6H,3-4H2,1-2H3,(H4,18,19,20,21). The highest BCUT2D eigenvalue weighted by Gasteiger charge is 2.18. The van der Waals surface area contributed by atoms with Gasteiger partial charge in [-0.3, -0.25) is 0 Å². The van der Waals surface area contributed by atoms with Crippen LogP contribution in [0.1, 0.15) is 18.9 Å². The number of hydrogen-bond acceptors (Lipinski definition) is 7. The molecular formula is C15H16IN5O2. The third-order valence-electron chi connectivity index (χ3n) is 3.02. The Balaban J connectivity index is 2.62. The summed E-state index contributed by atoms with van der Waals surface area (Å²) >= 11 is 2.15. The van der Waals surface area contributed by atoms with Gasteiger partial charge in [0.05, 0.1) is 23.0 Å². The van der Waals surface area contributed by atoms with Crippen molar-refractivity contribution in [3.63, 3.8) is 0 Å². The Bertz CT molecular complexity index is 773. The van der Waals surface area contributed by atoms with Gasteiger partial charge in [0.1, 0.15) is 17.5 Å². The molecule has 23 heavy (non-hydrogen) atoms. The SMILES string of the molecule is CCCOc1c(I)cc(-c2nc(N)nc(N)c2C#N)cc1OC. The van der Waals surface area contributed by atoms with E-state index in [9.17, 15) is 5.26 Å². The highest BCUT2D eigenvalue weighted by molar-refractivity contribution is 14.1. The van der Waals surface area contributed by atoms with Crippen molar-refractivity contribution in [2.24, 2.45) is 0 Å². The van der Waals surface area contributed by atoms with Crippen LogP contribution in [0.25, 0.3) is 11.3 Å². The Kier molecular flexibility index (Phi) is 5.44. The molecule has 0 radical (unpaired) electrons. The number of nitrogens with zero attached hydrogens (tertiary/aromatic N) is 3. The number of nitrogens with two attached hydrogens (primary N) is 2. The molecule has 8 heteroatoms. The molecule has 0 saturated heterocycles. The Morgan fingerprint density at radius 1 is 1.30 bits per heavy atom. The monoisotopic (exact) mass is 425 g/mol. The number of aromatic nitrogens is 2. The summed E-state index contributed by atoms with van der Waals surface area (Å²) in [6, 6.07) is 5.60. The summed E-state index contributed by atoms with van der Waals surface area (Å²) in [5, 5.41) is 9.31. The summed E-state index contributed by atoms with van der Waals surface area (Å²) in [6.45, 7) is 2.61. The highest BCUT2D eigenvalue weighted by Crippen LogP contribution is 2.38. The molecule has 1 heterocycles. The summed E-state index contributed by atoms with van der Waals surface area (Å²) in [6.07, 6.45) is 0.887. The van der Waals surface area contributed by atoms with E-state index in [1.807, 2.05) is 19.1 Å². The minimum atomic E-state index is 0.0109. The van der Waals surface area contributed by atoms with Gasteiger partial charge in [-0.2, -0.15) is 10.2 Å². The van der Waals surface area contributed by atoms with Crippen LogP contribution < -0.4 is 20.9 Å². The number of ether oxygens (including phenoxy) is 2. The molecule has 0 aliphatic heterocycles. The van der Waals surface area contributed by atoms with E-state index in [1.165, 1.54) is 0 Å². The van der Waals surface area contributed by atoms with Gasteiger partial charge >= 0.3 is 0 Å². The Labute approximate surface area is 147 Å². The smallest absolute Gasteiger partial charge is 0.222 e. The zero-order chi connectivity index (χ0) is 17.0. The molecule has 2 rings (SSSR count). The average molecular weight is 425 g/mol. The highest BCUT2D eigenvalue weighted by atomic mass is 127. The lowest BCUT2D eigenvalue weighted by Gasteiger charge is -2.14. The maximum atomic E-state index is 9.31. The quantitative estimate of drug-likeness (QED) is 0.707. The number of nitrogen functional groups attached to an aromatic ring is 2. The summed E-state index contributed by atoms with van der Waals surface area (Å²) in [5.41, 5.74) is 12.6. The molecule has 2 aromatic rings. The lowest BCUT2D eigenvalue weighted by Crippen LogP contribution is -2.06. The van der Waals surface area contributed by atoms with Crippen molar-refractivity contribution >= 4 is 34.4 Å². The lowest BCUT2D eigenvalue weighted by molar-refractivity contribution is 0.292. The molecule has 0 aliphatic carbocycles. The van der Waals surface area contributed by atoms with E-state index in [0.717, 1.165) is 9.99 Å². The van der Waals surface area contributed by atoms with Crippen LogP contribution in [-0.2, 0) is 0 Å². The Morgan fingerprint density at radius 2 is 2.04 bits per heavy atom. The first-order chi connectivity index (χ1) is 11.0. The van der Waals surface area contributed by atoms with Crippen LogP contribution in [0.3, 0.4) is 0 Å². The molecule has 0 aliphatic rings. The topological polar surface area (TPSA) is 120 Å². The second-order valence-electron chi connectivity index (χ2n) is 4.64. The lowest BCUT2D eigenvalue weighted by atomic mass is 10.1. The van der Waals surface area contributed by atoms with Crippen molar-refractivity contribution in [1.82, 2.24) is 9.97 Å². The first kappa shape index (κ1) is 17.1. The summed E-state index contributed by atoms with van der Waals surface area (Å²) < 4.78 is 12.0. The molecule has 0 amide bonds. The van der Waals surface area contributed by atoms with Crippen LogP contribution in [0.2, 0.25) is 0 Å². The molecule has 0 bridgehead atoms. The van der Waals surface area contributed by atoms with Gasteiger partial charge in [-0.1, -0.05) is 6.92 Å². The van der Waals surface area contributed by atoms with Crippen molar-refractivity contribution in [3.8, 4) is 28.8 Å². The maximum Gasteiger partial charge on any atom is 0.222 e. The number of nitriles is 1. The van der Waals surface area contributed by atoms with E-state index in [0.29, 0.717) is 29.4 Å². The average Bonchev–Trinajstić information content (AvgIpc) is 2.52. The van der Waals surface area contributed by atoms with Crippen LogP contribution in [0.15, 0.2) is 12.1 Å². The summed E-state index contributed by atoms with van der Waals surface area (Å²) in [7, 11) is 1.56. The number of benzene rings is 1. The first-order valence-electron chi connectivity index (χ1n) is 6.85. The van der Waals surface area contributed by atoms with Gasteiger partial charge in [0, 0.05) is 5.56 Å². The van der Waals surface area contributed by atoms with Crippen LogP contribution >= 0.6 is 22.6 Å². The number of methoxy groups -OCH3 is 1. The van der Waals surface area contributed by atoms with Gasteiger partial charge in [-0.15, -0.1) is 0 Å². The van der Waals surface area contributed by atoms with Crippen LogP contribution in [0.4, 0.5) is 11.8 Å². The zero-order valence-electron chi connectivity index (χ0n) is 12.8. The van der Waals surface area contributed by atoms with E-state index in [1.54, 1.807) is 13.2 Å². The van der Waals surface area contributed by atoms with Gasteiger partial charge < -0.3 is 20.9 Å². The van der Waals surface area contributed by atoms with Gasteiger partial charge in [0.15, 0.2) is 11.5 Å². The van der Waals surface area contributed by atoms with Gasteiger partial charge in [0.2, 0.25) is 5.95 Å². The summed E-state index contributed by atoms with van der Waals surface area (Å²) in [4.78, 5) is 7.97. The van der Waals surface area contributed by atoms with Crippen molar-refractivity contribution in [1.29, 1.82) is 5.26 Å². The van der Waals surface area contributed by atoms with Crippen molar-refractivity contribution in [3.05, 3.63) is 21.3 Å². The number of hydrogen-bond donors (Lipinski definition) is 2. The molecule has 1 aromatic heterocycles. The van der Waals surface area contributed by atoms with E-state index in [-0.39, 0.29) is 17.3 Å². The first-order valence-corrected chi connectivity index (χ1v) is 7.93. The maximum absolute atomic E-state index is 9.31. The fourth-order valence-electron chi connectivity index (χ4n) is 2.02.